The maximum Gasteiger partial charge on any atom is 0.228 e. The summed E-state index contributed by atoms with van der Waals surface area (Å²) in [5.74, 6) is -0.242. The molecule has 6 aromatic carbocycles. The summed E-state index contributed by atoms with van der Waals surface area (Å²) in [5, 5.41) is 0. The molecule has 210 valence electrons. The molecule has 0 aliphatic heterocycles. The normalized spacial score (nSPS) is 13.1. The number of rotatable bonds is 4. The van der Waals surface area contributed by atoms with Gasteiger partial charge in [0.15, 0.2) is 5.78 Å². The van der Waals surface area contributed by atoms with Crippen LogP contribution < -0.4 is 4.90 Å². The lowest BCUT2D eigenvalue weighted by Gasteiger charge is -2.30. The molecular formula is C41H29NO2. The third-order valence-corrected chi connectivity index (χ3v) is 9.28. The predicted molar refractivity (Wildman–Crippen MR) is 177 cm³/mol. The van der Waals surface area contributed by atoms with Crippen LogP contribution in [-0.2, 0) is 10.2 Å². The summed E-state index contributed by atoms with van der Waals surface area (Å²) in [5.41, 5.74) is 13.4. The van der Waals surface area contributed by atoms with Gasteiger partial charge in [0.05, 0.1) is 11.1 Å². The van der Waals surface area contributed by atoms with Gasteiger partial charge in [-0.2, -0.15) is 0 Å². The average Bonchev–Trinajstić information content (AvgIpc) is 3.53. The molecule has 6 aromatic rings. The Hall–Kier alpha value is -5.54. The third kappa shape index (κ3) is 3.50. The zero-order valence-electron chi connectivity index (χ0n) is 24.5. The largest absolute Gasteiger partial charge is 0.294 e. The molecule has 0 fully saturated rings. The second-order valence-electron chi connectivity index (χ2n) is 11.6. The Morgan fingerprint density at radius 2 is 1.05 bits per heavy atom. The Morgan fingerprint density at radius 1 is 0.523 bits per heavy atom. The Labute approximate surface area is 257 Å². The number of nitrogens with zero attached hydrogens (tertiary/aromatic N) is 1. The highest BCUT2D eigenvalue weighted by molar-refractivity contribution is 6.09. The lowest BCUT2D eigenvalue weighted by atomic mass is 9.70. The molecule has 1 spiro atoms. The smallest absolute Gasteiger partial charge is 0.228 e. The van der Waals surface area contributed by atoms with E-state index in [1.165, 1.54) is 51.4 Å². The summed E-state index contributed by atoms with van der Waals surface area (Å²) in [6, 6.07) is 48.2. The van der Waals surface area contributed by atoms with Gasteiger partial charge in [-0.05, 0) is 86.8 Å². The van der Waals surface area contributed by atoms with Crippen LogP contribution >= 0.6 is 0 Å². The Bertz CT molecular complexity index is 2100. The van der Waals surface area contributed by atoms with E-state index in [1.807, 2.05) is 48.5 Å². The fourth-order valence-corrected chi connectivity index (χ4v) is 7.63. The highest BCUT2D eigenvalue weighted by Gasteiger charge is 2.51. The van der Waals surface area contributed by atoms with E-state index in [2.05, 4.69) is 91.0 Å². The first kappa shape index (κ1) is 26.1. The summed E-state index contributed by atoms with van der Waals surface area (Å²) in [4.78, 5) is 27.7. The van der Waals surface area contributed by atoms with Crippen molar-refractivity contribution in [2.24, 2.45) is 0 Å². The molecule has 0 unspecified atom stereocenters. The van der Waals surface area contributed by atoms with Gasteiger partial charge in [-0.3, -0.25) is 14.5 Å². The van der Waals surface area contributed by atoms with Crippen molar-refractivity contribution in [2.45, 2.75) is 19.3 Å². The molecule has 0 saturated heterocycles. The number of Topliss-reactive ketones (excluding diaryl/α,β-unsaturated/α-hetero) is 1. The third-order valence-electron chi connectivity index (χ3n) is 9.28. The fraction of sp³-hybridized carbons (Fsp3) is 0.0732. The minimum absolute atomic E-state index is 0.0906. The first-order valence-corrected chi connectivity index (χ1v) is 15.0. The molecule has 0 N–H and O–H groups in total. The van der Waals surface area contributed by atoms with Crippen LogP contribution in [0.1, 0.15) is 46.5 Å². The number of hydrogen-bond acceptors (Lipinski definition) is 2. The highest BCUT2D eigenvalue weighted by Crippen LogP contribution is 2.63. The Kier molecular flexibility index (Phi) is 5.79. The lowest BCUT2D eigenvalue weighted by molar-refractivity contribution is -0.115. The maximum absolute atomic E-state index is 13.2. The van der Waals surface area contributed by atoms with Crippen LogP contribution in [0.2, 0.25) is 0 Å². The quantitative estimate of drug-likeness (QED) is 0.199. The molecule has 0 atom stereocenters. The van der Waals surface area contributed by atoms with Crippen molar-refractivity contribution < 1.29 is 9.59 Å². The number of fused-ring (bicyclic) bond motifs is 10. The molecule has 0 heterocycles. The van der Waals surface area contributed by atoms with Crippen molar-refractivity contribution in [1.29, 1.82) is 0 Å². The van der Waals surface area contributed by atoms with Crippen LogP contribution in [0.15, 0.2) is 140 Å². The van der Waals surface area contributed by atoms with Crippen molar-refractivity contribution in [3.8, 4) is 33.4 Å². The molecule has 0 aromatic heterocycles. The topological polar surface area (TPSA) is 37.4 Å². The number of amides is 1. The summed E-state index contributed by atoms with van der Waals surface area (Å²) in [7, 11) is 0. The van der Waals surface area contributed by atoms with Crippen LogP contribution in [-0.4, -0.2) is 11.7 Å². The van der Waals surface area contributed by atoms with Gasteiger partial charge in [-0.15, -0.1) is 0 Å². The van der Waals surface area contributed by atoms with E-state index in [9.17, 15) is 9.59 Å². The summed E-state index contributed by atoms with van der Waals surface area (Å²) in [6.07, 6.45) is 0. The molecule has 8 rings (SSSR count). The van der Waals surface area contributed by atoms with Gasteiger partial charge in [0.25, 0.3) is 0 Å². The van der Waals surface area contributed by atoms with Gasteiger partial charge in [-0.1, -0.05) is 115 Å². The van der Waals surface area contributed by atoms with Crippen molar-refractivity contribution in [1.82, 2.24) is 0 Å². The van der Waals surface area contributed by atoms with Gasteiger partial charge in [0, 0.05) is 18.2 Å². The first-order valence-electron chi connectivity index (χ1n) is 15.0. The van der Waals surface area contributed by atoms with E-state index in [1.54, 1.807) is 11.8 Å². The molecule has 3 heteroatoms. The molecule has 0 saturated carbocycles. The average molecular weight is 568 g/mol. The van der Waals surface area contributed by atoms with Crippen LogP contribution in [0.25, 0.3) is 33.4 Å². The van der Waals surface area contributed by atoms with Gasteiger partial charge in [0.2, 0.25) is 5.91 Å². The first-order chi connectivity index (χ1) is 21.5. The minimum atomic E-state index is -0.433. The monoisotopic (exact) mass is 567 g/mol. The van der Waals surface area contributed by atoms with Crippen LogP contribution in [0, 0.1) is 0 Å². The standard InChI is InChI=1S/C41H29NO2/c1-26(43)34-25-28(23-24-39(34)42(27(2)44)29-13-4-3-5-14-29)30-18-12-22-38-40(30)33-17-8-11-21-37(33)41(38)35-19-9-6-15-31(35)32-16-7-10-20-36(32)41/h3-25H,1-2H3. The van der Waals surface area contributed by atoms with Crippen LogP contribution in [0.4, 0.5) is 11.4 Å². The lowest BCUT2D eigenvalue weighted by Crippen LogP contribution is -2.25. The van der Waals surface area contributed by atoms with Crippen LogP contribution in [0.5, 0.6) is 0 Å². The second kappa shape index (κ2) is 9.75. The zero-order chi connectivity index (χ0) is 30.0. The maximum atomic E-state index is 13.2. The molecular weight excluding hydrogens is 538 g/mol. The van der Waals surface area contributed by atoms with Gasteiger partial charge < -0.3 is 0 Å². The number of carbonyl (C=O) groups excluding carboxylic acids is 2. The predicted octanol–water partition coefficient (Wildman–Crippen LogP) is 9.58. The van der Waals surface area contributed by atoms with Gasteiger partial charge >= 0.3 is 0 Å². The number of benzene rings is 6. The summed E-state index contributed by atoms with van der Waals surface area (Å²) in [6.45, 7) is 3.10. The van der Waals surface area contributed by atoms with E-state index >= 15 is 0 Å². The SMILES string of the molecule is CC(=O)c1cc(-c2cccc3c2-c2ccccc2C32c3ccccc3-c3ccccc32)ccc1N(C(C)=O)c1ccccc1. The molecule has 0 radical (unpaired) electrons. The summed E-state index contributed by atoms with van der Waals surface area (Å²) >= 11 is 0. The van der Waals surface area contributed by atoms with E-state index in [4.69, 9.17) is 0 Å². The number of ketones is 1. The van der Waals surface area contributed by atoms with Gasteiger partial charge in [0.1, 0.15) is 0 Å². The molecule has 2 aliphatic carbocycles. The highest BCUT2D eigenvalue weighted by atomic mass is 16.2. The number of para-hydroxylation sites is 1. The fourth-order valence-electron chi connectivity index (χ4n) is 7.63. The molecule has 2 aliphatic rings. The molecule has 0 bridgehead atoms. The minimum Gasteiger partial charge on any atom is -0.294 e. The van der Waals surface area contributed by atoms with E-state index < -0.39 is 5.41 Å². The van der Waals surface area contributed by atoms with Crippen LogP contribution in [0.3, 0.4) is 0 Å². The molecule has 44 heavy (non-hydrogen) atoms. The van der Waals surface area contributed by atoms with Crippen molar-refractivity contribution >= 4 is 23.1 Å². The number of carbonyl (C=O) groups is 2. The summed E-state index contributed by atoms with van der Waals surface area (Å²) < 4.78 is 0. The number of hydrogen-bond donors (Lipinski definition) is 0. The van der Waals surface area contributed by atoms with E-state index in [0.717, 1.165) is 16.8 Å². The van der Waals surface area contributed by atoms with Crippen molar-refractivity contribution in [2.75, 3.05) is 4.90 Å². The van der Waals surface area contributed by atoms with E-state index in [0.29, 0.717) is 11.3 Å². The van der Waals surface area contributed by atoms with Crippen molar-refractivity contribution in [3.05, 3.63) is 167 Å². The Morgan fingerprint density at radius 3 is 1.66 bits per heavy atom. The molecule has 3 nitrogen and oxygen atoms in total. The Balaban J connectivity index is 1.39. The van der Waals surface area contributed by atoms with Gasteiger partial charge in [-0.25, -0.2) is 0 Å². The second-order valence-corrected chi connectivity index (χ2v) is 11.6. The van der Waals surface area contributed by atoms with E-state index in [-0.39, 0.29) is 11.7 Å². The van der Waals surface area contributed by atoms with Crippen molar-refractivity contribution in [3.63, 3.8) is 0 Å². The molecule has 1 amide bonds. The zero-order valence-corrected chi connectivity index (χ0v) is 24.5. The number of anilines is 2.